The predicted octanol–water partition coefficient (Wildman–Crippen LogP) is -37.4. The number of aliphatic carboxylic acids is 2. The second-order valence-corrected chi connectivity index (χ2v) is 22.1. The Kier molecular flexibility index (Phi) is 43.3. The fourth-order valence-corrected chi connectivity index (χ4v) is 10.0. The van der Waals surface area contributed by atoms with E-state index < -0.39 is 237 Å². The SMILES string of the molecule is CO[C@H]1O[C@H](COS(=O)(=O)[O-])[C@@H](O[C@@H]2O[C@@H](C(=O)[O-])[C@@H](O[C@H]3O[C@H](COS(=O)(=O)[O-])[C@@H](O[C@@H]4O[C@H](C(=O)[O-])[C@@H](O[C@H]5O[C@H](COS(=O)(=O)[O-])[C@@H](O)[C@H](O)[C@H]5N)[C@H](O)[C@H]4O)[C@H](OS(=O)(=O)[O-])[C@H]3N)[C@H](O)[C@H]2OS(=O)(=O)[O-])[C@H](O)[C@H]1N.[Na+].[Na+].[Na+].[Na+].[Na+].[Na+].[Na+]. The Morgan fingerprint density at radius 1 is 0.384 bits per heavy atom. The number of methoxy groups -OCH3 is 1. The van der Waals surface area contributed by atoms with Crippen LogP contribution in [0.2, 0.25) is 0 Å². The van der Waals surface area contributed by atoms with Crippen LogP contribution in [0.1, 0.15) is 0 Å². The average Bonchev–Trinajstić information content (AvgIpc) is 3.30. The van der Waals surface area contributed by atoms with Crippen LogP contribution < -0.4 is 234 Å². The quantitative estimate of drug-likeness (QED) is 0.0246. The summed E-state index contributed by atoms with van der Waals surface area (Å²) in [6.45, 7) is -4.53. The number of carboxylic acids is 2. The average molecular weight is 1420 g/mol. The second kappa shape index (κ2) is 39.4. The van der Waals surface area contributed by atoms with Crippen LogP contribution in [-0.4, -0.2) is 288 Å². The van der Waals surface area contributed by atoms with Gasteiger partial charge >= 0.3 is 207 Å². The van der Waals surface area contributed by atoms with Crippen molar-refractivity contribution < 1.29 is 390 Å². The molecule has 5 saturated heterocycles. The molecule has 0 aliphatic carbocycles. The fourth-order valence-electron chi connectivity index (χ4n) is 8.15. The van der Waals surface area contributed by atoms with Gasteiger partial charge in [-0.2, -0.15) is 0 Å². The molecular formula is C31H46N3Na7O40S5. The van der Waals surface area contributed by atoms with Gasteiger partial charge in [0, 0.05) is 7.11 Å². The third kappa shape index (κ3) is 27.0. The Hall–Kier alpha value is 4.53. The maximum Gasteiger partial charge on any atom is 1.00 e. The van der Waals surface area contributed by atoms with Gasteiger partial charge in [0.2, 0.25) is 52.0 Å². The molecule has 86 heavy (non-hydrogen) atoms. The molecule has 25 atom stereocenters. The summed E-state index contributed by atoms with van der Waals surface area (Å²) in [5, 5.41) is 90.7. The summed E-state index contributed by atoms with van der Waals surface area (Å²) >= 11 is 0. The minimum atomic E-state index is -6.24. The van der Waals surface area contributed by atoms with Gasteiger partial charge in [0.15, 0.2) is 37.6 Å². The molecular weight excluding hydrogens is 1380 g/mol. The number of rotatable bonds is 24. The first kappa shape index (κ1) is 94.7. The van der Waals surface area contributed by atoms with E-state index in [1.54, 1.807) is 0 Å². The number of hydrogen-bond donors (Lipinski definition) is 9. The summed E-state index contributed by atoms with van der Waals surface area (Å²) in [6.07, 6.45) is -56.3. The molecule has 0 amide bonds. The maximum absolute atomic E-state index is 12.6. The Morgan fingerprint density at radius 2 is 0.733 bits per heavy atom. The molecule has 0 aromatic carbocycles. The largest absolute Gasteiger partial charge is 1.00 e. The molecule has 0 aromatic heterocycles. The first-order valence-corrected chi connectivity index (χ1v) is 28.1. The second-order valence-electron chi connectivity index (χ2n) is 16.9. The number of aliphatic hydroxyl groups excluding tert-OH is 6. The molecule has 0 aromatic rings. The van der Waals surface area contributed by atoms with Gasteiger partial charge in [-0.1, -0.05) is 0 Å². The zero-order valence-corrected chi connectivity index (χ0v) is 64.0. The predicted molar refractivity (Wildman–Crippen MR) is 216 cm³/mol. The van der Waals surface area contributed by atoms with Crippen LogP contribution in [0, 0.1) is 0 Å². The molecule has 12 N–H and O–H groups in total. The molecule has 0 bridgehead atoms. The molecule has 0 radical (unpaired) electrons. The third-order valence-corrected chi connectivity index (χ3v) is 13.9. The third-order valence-electron chi connectivity index (χ3n) is 11.7. The van der Waals surface area contributed by atoms with Gasteiger partial charge in [-0.3, -0.25) is 20.9 Å². The van der Waals surface area contributed by atoms with Crippen LogP contribution in [0.15, 0.2) is 0 Å². The van der Waals surface area contributed by atoms with Gasteiger partial charge < -0.3 is 138 Å². The van der Waals surface area contributed by atoms with Gasteiger partial charge in [0.25, 0.3) is 0 Å². The molecule has 5 rings (SSSR count). The molecule has 5 aliphatic heterocycles. The van der Waals surface area contributed by atoms with Gasteiger partial charge in [0.05, 0.1) is 49.9 Å². The van der Waals surface area contributed by atoms with E-state index in [4.69, 9.17) is 64.6 Å². The van der Waals surface area contributed by atoms with Crippen LogP contribution in [0.4, 0.5) is 0 Å². The number of carbonyl (C=O) groups excluding carboxylic acids is 2. The summed E-state index contributed by atoms with van der Waals surface area (Å²) in [5.41, 5.74) is 17.8. The van der Waals surface area contributed by atoms with Crippen molar-refractivity contribution in [1.29, 1.82) is 0 Å². The Bertz CT molecular complexity index is 2710. The van der Waals surface area contributed by atoms with E-state index in [1.807, 2.05) is 0 Å². The van der Waals surface area contributed by atoms with Crippen LogP contribution in [0.3, 0.4) is 0 Å². The van der Waals surface area contributed by atoms with Crippen molar-refractivity contribution in [2.24, 2.45) is 17.2 Å². The Labute approximate surface area is 642 Å². The van der Waals surface area contributed by atoms with Crippen LogP contribution in [-0.2, 0) is 130 Å². The normalized spacial score (nSPS) is 38.7. The van der Waals surface area contributed by atoms with Gasteiger partial charge in [-0.05, 0) is 0 Å². The summed E-state index contributed by atoms with van der Waals surface area (Å²) in [4.78, 5) is 25.1. The Balaban J connectivity index is -0.00000984. The zero-order valence-electron chi connectivity index (χ0n) is 45.9. The van der Waals surface area contributed by atoms with E-state index in [2.05, 4.69) is 20.9 Å². The fraction of sp³-hybridized carbons (Fsp3) is 0.935. The summed E-state index contributed by atoms with van der Waals surface area (Å²) in [6, 6.07) is -6.33. The first-order valence-electron chi connectivity index (χ1n) is 21.4. The van der Waals surface area contributed by atoms with Crippen LogP contribution >= 0.6 is 0 Å². The van der Waals surface area contributed by atoms with Gasteiger partial charge in [0.1, 0.15) is 97.7 Å². The van der Waals surface area contributed by atoms with Crippen molar-refractivity contribution in [2.75, 3.05) is 26.9 Å². The van der Waals surface area contributed by atoms with Crippen molar-refractivity contribution in [3.05, 3.63) is 0 Å². The van der Waals surface area contributed by atoms with Crippen LogP contribution in [0.5, 0.6) is 0 Å². The van der Waals surface area contributed by atoms with E-state index >= 15 is 0 Å². The molecule has 5 heterocycles. The van der Waals surface area contributed by atoms with Crippen molar-refractivity contribution in [1.82, 2.24) is 0 Å². The van der Waals surface area contributed by atoms with Crippen molar-refractivity contribution in [2.45, 2.75) is 153 Å². The van der Waals surface area contributed by atoms with E-state index in [1.165, 1.54) is 0 Å². The number of carboxylic acid groups (broad SMARTS) is 2. The van der Waals surface area contributed by atoms with E-state index in [0.717, 1.165) is 7.11 Å². The van der Waals surface area contributed by atoms with E-state index in [9.17, 15) is 115 Å². The van der Waals surface area contributed by atoms with Gasteiger partial charge in [-0.25, -0.2) is 42.1 Å². The summed E-state index contributed by atoms with van der Waals surface area (Å²) in [5.74, 6) is -4.95. The van der Waals surface area contributed by atoms with E-state index in [0.29, 0.717) is 0 Å². The molecule has 0 saturated carbocycles. The first-order chi connectivity index (χ1) is 36.1. The number of hydrogen-bond acceptors (Lipinski definition) is 43. The summed E-state index contributed by atoms with van der Waals surface area (Å²) in [7, 11) is -28.5. The Morgan fingerprint density at radius 3 is 1.16 bits per heavy atom. The minimum Gasteiger partial charge on any atom is -0.726 e. The van der Waals surface area contributed by atoms with Gasteiger partial charge in [-0.15, -0.1) is 0 Å². The monoisotopic (exact) mass is 1420 g/mol. The zero-order chi connectivity index (χ0) is 59.8. The smallest absolute Gasteiger partial charge is 0.726 e. The molecule has 0 spiro atoms. The standard InChI is InChI=1S/C31H53N3O40S5.7Na/c1-60-27-9(33)13(37)17(6(65-27)3-62-76(48,49)50)67-31-22(74-79(57,58)59)16(40)21(24(72-31)26(43)44)70-29-10(34)19(73-78(54,55)56)18(7(66-29)4-63-77(51,52)53)68-30-15(39)14(38)20(23(71-30)25(41)42)69-28-8(32)12(36)11(35)5(64-28)2-61-75(45,46)47;;;;;;;/h5-24,27-31,35-40H,2-4,32-34H2,1H3,(H,41,42)(H,43,44)(H,45,46,47)(H,48,49,50)(H,51,52,53)(H,54,55,56)(H,57,58,59);;;;;;;/q;7*+1/p-7/t5-,6-,7-,8-,9-,10-,11-,12-,13-,14-,15-,16+,17-,18-,19-,20+,21+,22-,23+,24-,27+,28-,29-,30-,31-;;;;;;;/m1......./s1. The molecule has 55 heteroatoms. The topological polar surface area (TPSA) is 704 Å². The minimum absolute atomic E-state index is 0. The van der Waals surface area contributed by atoms with E-state index in [-0.39, 0.29) is 207 Å². The number of ether oxygens (including phenoxy) is 10. The van der Waals surface area contributed by atoms with Crippen molar-refractivity contribution >= 4 is 63.9 Å². The van der Waals surface area contributed by atoms with Crippen LogP contribution in [0.25, 0.3) is 0 Å². The van der Waals surface area contributed by atoms with Crippen molar-refractivity contribution in [3.8, 4) is 0 Å². The molecule has 43 nitrogen and oxygen atoms in total. The van der Waals surface area contributed by atoms with Crippen molar-refractivity contribution in [3.63, 3.8) is 0 Å². The molecule has 0 unspecified atom stereocenters. The summed E-state index contributed by atoms with van der Waals surface area (Å²) < 4.78 is 248. The number of aliphatic hydroxyl groups is 6. The number of carbonyl (C=O) groups is 2. The molecule has 5 aliphatic rings. The molecule has 5 fully saturated rings. The molecule has 462 valence electrons. The maximum atomic E-state index is 12.6. The number of nitrogens with two attached hydrogens (primary N) is 3.